The Hall–Kier alpha value is -0.790. The van der Waals surface area contributed by atoms with Crippen LogP contribution in [0.5, 0.6) is 0 Å². The zero-order valence-corrected chi connectivity index (χ0v) is 21.6. The molecule has 2 saturated carbocycles. The van der Waals surface area contributed by atoms with Crippen molar-refractivity contribution in [3.63, 3.8) is 0 Å². The first-order valence-corrected chi connectivity index (χ1v) is 14.7. The molecule has 2 heteroatoms. The molecule has 2 nitrogen and oxygen atoms in total. The molecule has 2 fully saturated rings. The molecule has 2 aliphatic rings. The Balaban J connectivity index is 1.45. The lowest BCUT2D eigenvalue weighted by atomic mass is 9.79. The van der Waals surface area contributed by atoms with Gasteiger partial charge < -0.3 is 5.32 Å². The van der Waals surface area contributed by atoms with E-state index in [4.69, 9.17) is 0 Å². The van der Waals surface area contributed by atoms with Crippen LogP contribution in [0.4, 0.5) is 0 Å². The summed E-state index contributed by atoms with van der Waals surface area (Å²) in [6, 6.07) is 0.466. The van der Waals surface area contributed by atoms with E-state index < -0.39 is 0 Å². The molecule has 0 unspecified atom stereocenters. The van der Waals surface area contributed by atoms with Crippen LogP contribution in [0, 0.1) is 5.41 Å². The maximum absolute atomic E-state index is 13.1. The Morgan fingerprint density at radius 3 is 1.84 bits per heavy atom. The summed E-state index contributed by atoms with van der Waals surface area (Å²) < 4.78 is 0. The third-order valence-corrected chi connectivity index (χ3v) is 8.15. The Morgan fingerprint density at radius 1 is 0.719 bits per heavy atom. The van der Waals surface area contributed by atoms with Crippen molar-refractivity contribution in [1.29, 1.82) is 0 Å². The standard InChI is InChI=1S/C30H55NO/c1-2-3-4-5-6-7-8-9-10-11-12-13-14-15-16-20-25-30(26-21-22-27-30)29(32)31-28-23-18-17-19-24-28/h9-10,28H,2-8,11-27H2,1H3,(H,31,32). The van der Waals surface area contributed by atoms with Gasteiger partial charge in [0.05, 0.1) is 0 Å². The highest BCUT2D eigenvalue weighted by atomic mass is 16.2. The highest BCUT2D eigenvalue weighted by Gasteiger charge is 2.41. The van der Waals surface area contributed by atoms with Gasteiger partial charge in [-0.25, -0.2) is 0 Å². The van der Waals surface area contributed by atoms with E-state index in [-0.39, 0.29) is 5.41 Å². The van der Waals surface area contributed by atoms with Crippen LogP contribution >= 0.6 is 0 Å². The molecule has 0 spiro atoms. The summed E-state index contributed by atoms with van der Waals surface area (Å²) in [6.07, 6.45) is 36.0. The van der Waals surface area contributed by atoms with Gasteiger partial charge in [0.2, 0.25) is 5.91 Å². The van der Waals surface area contributed by atoms with E-state index in [1.807, 2.05) is 0 Å². The largest absolute Gasteiger partial charge is 0.353 e. The summed E-state index contributed by atoms with van der Waals surface area (Å²) in [5, 5.41) is 3.46. The number of rotatable bonds is 18. The van der Waals surface area contributed by atoms with Gasteiger partial charge in [0, 0.05) is 11.5 Å². The molecular weight excluding hydrogens is 390 g/mol. The monoisotopic (exact) mass is 445 g/mol. The van der Waals surface area contributed by atoms with Crippen molar-refractivity contribution in [2.45, 2.75) is 167 Å². The second-order valence-corrected chi connectivity index (χ2v) is 11.0. The van der Waals surface area contributed by atoms with Gasteiger partial charge in [-0.15, -0.1) is 0 Å². The lowest BCUT2D eigenvalue weighted by Crippen LogP contribution is -2.45. The molecule has 0 atom stereocenters. The van der Waals surface area contributed by atoms with Crippen molar-refractivity contribution in [2.75, 3.05) is 0 Å². The smallest absolute Gasteiger partial charge is 0.226 e. The van der Waals surface area contributed by atoms with E-state index in [0.29, 0.717) is 11.9 Å². The molecule has 0 aromatic heterocycles. The van der Waals surface area contributed by atoms with Gasteiger partial charge in [0.15, 0.2) is 0 Å². The Kier molecular flexibility index (Phi) is 15.1. The van der Waals surface area contributed by atoms with Gasteiger partial charge in [-0.05, 0) is 57.8 Å². The van der Waals surface area contributed by atoms with Crippen LogP contribution in [0.25, 0.3) is 0 Å². The number of hydrogen-bond donors (Lipinski definition) is 1. The average molecular weight is 446 g/mol. The van der Waals surface area contributed by atoms with Crippen molar-refractivity contribution in [2.24, 2.45) is 5.41 Å². The lowest BCUT2D eigenvalue weighted by molar-refractivity contribution is -0.132. The molecular formula is C30H55NO. The molecule has 0 aromatic carbocycles. The van der Waals surface area contributed by atoms with Crippen molar-refractivity contribution >= 4 is 5.91 Å². The van der Waals surface area contributed by atoms with E-state index in [1.54, 1.807) is 0 Å². The Labute approximate surface area is 200 Å². The van der Waals surface area contributed by atoms with Crippen molar-refractivity contribution < 1.29 is 4.79 Å². The van der Waals surface area contributed by atoms with Crippen molar-refractivity contribution in [3.05, 3.63) is 12.2 Å². The summed E-state index contributed by atoms with van der Waals surface area (Å²) in [4.78, 5) is 13.1. The van der Waals surface area contributed by atoms with Crippen molar-refractivity contribution in [1.82, 2.24) is 5.32 Å². The Morgan fingerprint density at radius 2 is 1.25 bits per heavy atom. The molecule has 0 heterocycles. The summed E-state index contributed by atoms with van der Waals surface area (Å²) in [7, 11) is 0. The van der Waals surface area contributed by atoms with Crippen LogP contribution in [-0.4, -0.2) is 11.9 Å². The van der Waals surface area contributed by atoms with Crippen LogP contribution in [0.3, 0.4) is 0 Å². The topological polar surface area (TPSA) is 29.1 Å². The predicted octanol–water partition coefficient (Wildman–Crippen LogP) is 9.42. The molecule has 1 amide bonds. The van der Waals surface area contributed by atoms with E-state index in [1.165, 1.54) is 135 Å². The van der Waals surface area contributed by atoms with Crippen LogP contribution in [0.2, 0.25) is 0 Å². The van der Waals surface area contributed by atoms with E-state index in [0.717, 1.165) is 19.3 Å². The van der Waals surface area contributed by atoms with Gasteiger partial charge in [-0.3, -0.25) is 4.79 Å². The lowest BCUT2D eigenvalue weighted by Gasteiger charge is -2.32. The van der Waals surface area contributed by atoms with Crippen molar-refractivity contribution in [3.8, 4) is 0 Å². The number of carbonyl (C=O) groups is 1. The molecule has 0 bridgehead atoms. The molecule has 1 N–H and O–H groups in total. The SMILES string of the molecule is CCCCCCCCC=CCCCCCCCCC1(C(=O)NC2CCCCC2)CCCC1. The minimum absolute atomic E-state index is 0.0156. The number of amides is 1. The zero-order valence-electron chi connectivity index (χ0n) is 21.6. The normalized spacial score (nSPS) is 19.0. The van der Waals surface area contributed by atoms with Crippen LogP contribution in [0.1, 0.15) is 161 Å². The fourth-order valence-electron chi connectivity index (χ4n) is 5.94. The average Bonchev–Trinajstić information content (AvgIpc) is 3.30. The fourth-order valence-corrected chi connectivity index (χ4v) is 5.94. The first-order valence-electron chi connectivity index (χ1n) is 14.7. The zero-order chi connectivity index (χ0) is 22.7. The van der Waals surface area contributed by atoms with Crippen LogP contribution in [0.15, 0.2) is 12.2 Å². The molecule has 0 saturated heterocycles. The number of allylic oxidation sites excluding steroid dienone is 2. The van der Waals surface area contributed by atoms with E-state index in [2.05, 4.69) is 24.4 Å². The molecule has 0 radical (unpaired) electrons. The minimum Gasteiger partial charge on any atom is -0.353 e. The molecule has 0 aromatic rings. The summed E-state index contributed by atoms with van der Waals surface area (Å²) >= 11 is 0. The number of hydrogen-bond acceptors (Lipinski definition) is 1. The van der Waals surface area contributed by atoms with Crippen LogP contribution < -0.4 is 5.32 Å². The van der Waals surface area contributed by atoms with E-state index in [9.17, 15) is 4.79 Å². The second-order valence-electron chi connectivity index (χ2n) is 11.0. The third-order valence-electron chi connectivity index (χ3n) is 8.15. The fraction of sp³-hybridized carbons (Fsp3) is 0.900. The quantitative estimate of drug-likeness (QED) is 0.165. The minimum atomic E-state index is -0.0156. The first kappa shape index (κ1) is 27.5. The number of carbonyl (C=O) groups excluding carboxylic acids is 1. The molecule has 0 aliphatic heterocycles. The highest BCUT2D eigenvalue weighted by molar-refractivity contribution is 5.83. The van der Waals surface area contributed by atoms with Gasteiger partial charge in [0.1, 0.15) is 0 Å². The Bertz CT molecular complexity index is 485. The van der Waals surface area contributed by atoms with Gasteiger partial charge in [-0.2, -0.15) is 0 Å². The van der Waals surface area contributed by atoms with Crippen LogP contribution in [-0.2, 0) is 4.79 Å². The molecule has 2 rings (SSSR count). The maximum atomic E-state index is 13.1. The number of nitrogens with one attached hydrogen (secondary N) is 1. The molecule has 186 valence electrons. The summed E-state index contributed by atoms with van der Waals surface area (Å²) in [5.74, 6) is 0.412. The summed E-state index contributed by atoms with van der Waals surface area (Å²) in [6.45, 7) is 2.29. The van der Waals surface area contributed by atoms with Gasteiger partial charge in [-0.1, -0.05) is 115 Å². The van der Waals surface area contributed by atoms with E-state index >= 15 is 0 Å². The first-order chi connectivity index (χ1) is 15.8. The summed E-state index contributed by atoms with van der Waals surface area (Å²) in [5.41, 5.74) is -0.0156. The molecule has 2 aliphatic carbocycles. The predicted molar refractivity (Wildman–Crippen MR) is 140 cm³/mol. The van der Waals surface area contributed by atoms with Gasteiger partial charge >= 0.3 is 0 Å². The maximum Gasteiger partial charge on any atom is 0.226 e. The van der Waals surface area contributed by atoms with Gasteiger partial charge in [0.25, 0.3) is 0 Å². The highest BCUT2D eigenvalue weighted by Crippen LogP contribution is 2.43. The molecule has 32 heavy (non-hydrogen) atoms. The second kappa shape index (κ2) is 17.7. The number of unbranched alkanes of at least 4 members (excludes halogenated alkanes) is 12. The third kappa shape index (κ3) is 11.4.